The highest BCUT2D eigenvalue weighted by atomic mass is 32.1. The van der Waals surface area contributed by atoms with Crippen molar-refractivity contribution in [3.63, 3.8) is 0 Å². The molecule has 4 heterocycles. The smallest absolute Gasteiger partial charge is 0.309 e. The van der Waals surface area contributed by atoms with Crippen LogP contribution in [0.5, 0.6) is 0 Å². The molecule has 1 aliphatic rings. The Balaban J connectivity index is 1.54. The highest BCUT2D eigenvalue weighted by Crippen LogP contribution is 2.32. The van der Waals surface area contributed by atoms with Gasteiger partial charge in [0.25, 0.3) is 0 Å². The number of hydrogen-bond acceptors (Lipinski definition) is 4. The Bertz CT molecular complexity index is 1130. The topological polar surface area (TPSA) is 75.4 Å². The van der Waals surface area contributed by atoms with E-state index in [-0.39, 0.29) is 11.0 Å². The van der Waals surface area contributed by atoms with Gasteiger partial charge in [-0.3, -0.25) is 9.59 Å². The van der Waals surface area contributed by atoms with Gasteiger partial charge >= 0.3 is 5.97 Å². The third-order valence-electron chi connectivity index (χ3n) is 6.08. The summed E-state index contributed by atoms with van der Waals surface area (Å²) in [6.07, 6.45) is 3.84. The molecule has 8 heteroatoms. The number of hydrogen-bond donors (Lipinski definition) is 1. The van der Waals surface area contributed by atoms with Gasteiger partial charge in [-0.05, 0) is 62.9 Å². The van der Waals surface area contributed by atoms with Crippen molar-refractivity contribution >= 4 is 34.2 Å². The molecule has 0 unspecified atom stereocenters. The molecule has 1 aliphatic heterocycles. The zero-order valence-electron chi connectivity index (χ0n) is 17.7. The van der Waals surface area contributed by atoms with Crippen molar-refractivity contribution in [1.29, 1.82) is 0 Å². The Morgan fingerprint density at radius 1 is 1.29 bits per heavy atom. The van der Waals surface area contributed by atoms with Crippen molar-refractivity contribution in [2.24, 2.45) is 5.41 Å². The first-order valence-corrected chi connectivity index (χ1v) is 11.3. The molecule has 0 atom stereocenters. The van der Waals surface area contributed by atoms with Gasteiger partial charge in [0, 0.05) is 35.1 Å². The number of aliphatic carboxylic acids is 1. The number of nitrogens with zero attached hydrogens (tertiary/aromatic N) is 3. The molecule has 31 heavy (non-hydrogen) atoms. The number of rotatable bonds is 7. The molecule has 3 aromatic heterocycles. The largest absolute Gasteiger partial charge is 0.481 e. The summed E-state index contributed by atoms with van der Waals surface area (Å²) >= 11 is 1.12. The SMILES string of the molecule is CC(C)(CCCC(=O)N1CCc2c(n(Cc3ccc(F)s3)c3ncccc23)C1)C(=O)O. The van der Waals surface area contributed by atoms with Gasteiger partial charge in [-0.2, -0.15) is 4.39 Å². The molecule has 0 aromatic carbocycles. The number of halogens is 1. The number of fused-ring (bicyclic) bond motifs is 3. The van der Waals surface area contributed by atoms with E-state index in [1.165, 1.54) is 11.6 Å². The fourth-order valence-corrected chi connectivity index (χ4v) is 4.90. The van der Waals surface area contributed by atoms with E-state index in [4.69, 9.17) is 0 Å². The number of carbonyl (C=O) groups is 2. The summed E-state index contributed by atoms with van der Waals surface area (Å²) in [6.45, 7) is 5.01. The molecule has 4 rings (SSSR count). The van der Waals surface area contributed by atoms with Crippen LogP contribution in [-0.2, 0) is 29.1 Å². The molecule has 0 spiro atoms. The molecular weight excluding hydrogens is 417 g/mol. The van der Waals surface area contributed by atoms with Gasteiger partial charge in [-0.15, -0.1) is 11.3 Å². The number of amides is 1. The summed E-state index contributed by atoms with van der Waals surface area (Å²) in [5.74, 6) is -0.802. The maximum atomic E-state index is 13.5. The average Bonchev–Trinajstić information content (AvgIpc) is 3.29. The van der Waals surface area contributed by atoms with Crippen LogP contribution in [0.4, 0.5) is 4.39 Å². The number of aromatic nitrogens is 2. The Morgan fingerprint density at radius 2 is 2.10 bits per heavy atom. The normalized spacial score (nSPS) is 14.1. The van der Waals surface area contributed by atoms with Crippen LogP contribution in [0.25, 0.3) is 11.0 Å². The standard InChI is InChI=1S/C23H26FN3O3S/c1-23(2,22(29)30)10-3-6-20(28)26-12-9-16-17-5-4-11-25-21(17)27(18(16)14-26)13-15-7-8-19(24)31-15/h4-5,7-8,11H,3,6,9-10,12-14H2,1-2H3,(H,29,30). The van der Waals surface area contributed by atoms with Crippen molar-refractivity contribution in [3.8, 4) is 0 Å². The summed E-state index contributed by atoms with van der Waals surface area (Å²) in [6, 6.07) is 7.23. The fraction of sp³-hybridized carbons (Fsp3) is 0.435. The lowest BCUT2D eigenvalue weighted by molar-refractivity contribution is -0.147. The van der Waals surface area contributed by atoms with Crippen LogP contribution in [-0.4, -0.2) is 38.0 Å². The second-order valence-corrected chi connectivity index (χ2v) is 9.82. The fourth-order valence-electron chi connectivity index (χ4n) is 4.18. The Morgan fingerprint density at radius 3 is 2.81 bits per heavy atom. The highest BCUT2D eigenvalue weighted by molar-refractivity contribution is 7.10. The first-order chi connectivity index (χ1) is 14.8. The Kier molecular flexibility index (Phi) is 5.83. The summed E-state index contributed by atoms with van der Waals surface area (Å²) in [4.78, 5) is 31.5. The van der Waals surface area contributed by atoms with E-state index >= 15 is 0 Å². The van der Waals surface area contributed by atoms with Crippen LogP contribution in [0.3, 0.4) is 0 Å². The van der Waals surface area contributed by atoms with Gasteiger partial charge < -0.3 is 14.6 Å². The maximum absolute atomic E-state index is 13.5. The molecule has 6 nitrogen and oxygen atoms in total. The first-order valence-electron chi connectivity index (χ1n) is 10.5. The summed E-state index contributed by atoms with van der Waals surface area (Å²) < 4.78 is 15.6. The number of carboxylic acid groups (broad SMARTS) is 1. The lowest BCUT2D eigenvalue weighted by Gasteiger charge is -2.29. The maximum Gasteiger partial charge on any atom is 0.309 e. The second-order valence-electron chi connectivity index (χ2n) is 8.70. The van der Waals surface area contributed by atoms with Crippen LogP contribution >= 0.6 is 11.3 Å². The zero-order valence-corrected chi connectivity index (χ0v) is 18.5. The van der Waals surface area contributed by atoms with Crippen LogP contribution in [0.2, 0.25) is 0 Å². The summed E-state index contributed by atoms with van der Waals surface area (Å²) in [5.41, 5.74) is 2.28. The lowest BCUT2D eigenvalue weighted by atomic mass is 9.87. The highest BCUT2D eigenvalue weighted by Gasteiger charge is 2.29. The molecule has 0 fully saturated rings. The molecule has 1 amide bonds. The molecule has 0 radical (unpaired) electrons. The Hall–Kier alpha value is -2.74. The molecule has 0 saturated heterocycles. The zero-order chi connectivity index (χ0) is 22.2. The summed E-state index contributed by atoms with van der Waals surface area (Å²) in [5, 5.41) is 10.1. The molecular formula is C23H26FN3O3S. The Labute approximate surface area is 184 Å². The predicted molar refractivity (Wildman–Crippen MR) is 118 cm³/mol. The first kappa shape index (κ1) is 21.5. The van der Waals surface area contributed by atoms with Crippen molar-refractivity contribution < 1.29 is 19.1 Å². The number of pyridine rings is 1. The minimum Gasteiger partial charge on any atom is -0.481 e. The van der Waals surface area contributed by atoms with Crippen molar-refractivity contribution in [1.82, 2.24) is 14.5 Å². The van der Waals surface area contributed by atoms with Gasteiger partial charge in [0.1, 0.15) is 5.65 Å². The van der Waals surface area contributed by atoms with Gasteiger partial charge in [0.2, 0.25) is 5.91 Å². The third-order valence-corrected chi connectivity index (χ3v) is 6.94. The molecule has 0 bridgehead atoms. The molecule has 1 N–H and O–H groups in total. The molecule has 3 aromatic rings. The number of thiophene rings is 1. The van der Waals surface area contributed by atoms with E-state index in [1.54, 1.807) is 26.1 Å². The minimum atomic E-state index is -0.843. The second kappa shape index (κ2) is 8.42. The van der Waals surface area contributed by atoms with E-state index < -0.39 is 11.4 Å². The van der Waals surface area contributed by atoms with Gasteiger partial charge in [-0.25, -0.2) is 4.98 Å². The van der Waals surface area contributed by atoms with E-state index in [0.717, 1.165) is 39.4 Å². The molecule has 0 aliphatic carbocycles. The van der Waals surface area contributed by atoms with E-state index in [9.17, 15) is 19.1 Å². The molecule has 164 valence electrons. The van der Waals surface area contributed by atoms with Crippen molar-refractivity contribution in [2.45, 2.75) is 52.6 Å². The quantitative estimate of drug-likeness (QED) is 0.585. The lowest BCUT2D eigenvalue weighted by Crippen LogP contribution is -2.36. The number of carboxylic acids is 1. The van der Waals surface area contributed by atoms with Crippen molar-refractivity contribution in [3.05, 3.63) is 51.7 Å². The van der Waals surface area contributed by atoms with E-state index in [2.05, 4.69) is 15.6 Å². The third kappa shape index (κ3) is 4.35. The van der Waals surface area contributed by atoms with Crippen LogP contribution in [0.1, 0.15) is 49.2 Å². The average molecular weight is 444 g/mol. The van der Waals surface area contributed by atoms with Crippen LogP contribution in [0, 0.1) is 10.5 Å². The van der Waals surface area contributed by atoms with Gasteiger partial charge in [0.15, 0.2) is 5.13 Å². The van der Waals surface area contributed by atoms with Gasteiger partial charge in [0.05, 0.1) is 18.5 Å². The monoisotopic (exact) mass is 443 g/mol. The van der Waals surface area contributed by atoms with E-state index in [0.29, 0.717) is 38.9 Å². The number of carbonyl (C=O) groups excluding carboxylic acids is 1. The predicted octanol–water partition coefficient (Wildman–Crippen LogP) is 4.45. The van der Waals surface area contributed by atoms with Crippen LogP contribution < -0.4 is 0 Å². The van der Waals surface area contributed by atoms with Crippen molar-refractivity contribution in [2.75, 3.05) is 6.54 Å². The molecule has 0 saturated carbocycles. The summed E-state index contributed by atoms with van der Waals surface area (Å²) in [7, 11) is 0. The van der Waals surface area contributed by atoms with E-state index in [1.807, 2.05) is 11.0 Å². The van der Waals surface area contributed by atoms with Gasteiger partial charge in [-0.1, -0.05) is 0 Å². The minimum absolute atomic E-state index is 0.0405. The van der Waals surface area contributed by atoms with Crippen LogP contribution in [0.15, 0.2) is 30.5 Å².